The number of hydrogen-bond donors (Lipinski definition) is 2. The number of rotatable bonds is 4. The van der Waals surface area contributed by atoms with Gasteiger partial charge < -0.3 is 5.73 Å². The molecular weight excluding hydrogens is 262 g/mol. The summed E-state index contributed by atoms with van der Waals surface area (Å²) in [7, 11) is -3.64. The minimum Gasteiger partial charge on any atom is -0.326 e. The third kappa shape index (κ3) is 2.91. The minimum absolute atomic E-state index is 0.173. The third-order valence-corrected chi connectivity index (χ3v) is 4.21. The molecule has 100 valence electrons. The maximum absolute atomic E-state index is 12.3. The summed E-state index contributed by atoms with van der Waals surface area (Å²) in [5.41, 5.74) is 7.43. The Kier molecular flexibility index (Phi) is 3.82. The minimum atomic E-state index is -3.64. The molecule has 6 heteroatoms. The van der Waals surface area contributed by atoms with Crippen molar-refractivity contribution in [1.82, 2.24) is 4.98 Å². The van der Waals surface area contributed by atoms with Crippen LogP contribution in [0.15, 0.2) is 47.6 Å². The molecule has 0 fully saturated rings. The van der Waals surface area contributed by atoms with Crippen LogP contribution in [-0.2, 0) is 16.6 Å². The Morgan fingerprint density at radius 1 is 1.26 bits per heavy atom. The number of nitrogens with two attached hydrogens (primary N) is 1. The van der Waals surface area contributed by atoms with Crippen LogP contribution in [0, 0.1) is 6.92 Å². The highest BCUT2D eigenvalue weighted by Crippen LogP contribution is 2.20. The van der Waals surface area contributed by atoms with Crippen LogP contribution in [0.4, 0.5) is 5.69 Å². The zero-order chi connectivity index (χ0) is 13.9. The summed E-state index contributed by atoms with van der Waals surface area (Å²) in [6.07, 6.45) is 3.15. The van der Waals surface area contributed by atoms with Gasteiger partial charge in [0.25, 0.3) is 10.0 Å². The second kappa shape index (κ2) is 5.38. The fourth-order valence-electron chi connectivity index (χ4n) is 1.72. The van der Waals surface area contributed by atoms with Crippen LogP contribution >= 0.6 is 0 Å². The standard InChI is InChI=1S/C13H15N3O2S/c1-10-9-15-7-6-12(10)16-19(17,18)13-5-3-2-4-11(13)8-14/h2-7,9H,8,14H2,1H3,(H,15,16). The molecular formula is C13H15N3O2S. The first-order valence-electron chi connectivity index (χ1n) is 5.76. The number of sulfonamides is 1. The van der Waals surface area contributed by atoms with Gasteiger partial charge in [-0.25, -0.2) is 8.42 Å². The Labute approximate surface area is 112 Å². The van der Waals surface area contributed by atoms with Crippen molar-refractivity contribution in [3.05, 3.63) is 53.9 Å². The van der Waals surface area contributed by atoms with Crippen molar-refractivity contribution in [2.45, 2.75) is 18.4 Å². The summed E-state index contributed by atoms with van der Waals surface area (Å²) in [5.74, 6) is 0. The lowest BCUT2D eigenvalue weighted by atomic mass is 10.2. The van der Waals surface area contributed by atoms with E-state index < -0.39 is 10.0 Å². The number of anilines is 1. The monoisotopic (exact) mass is 277 g/mol. The first-order chi connectivity index (χ1) is 9.04. The predicted octanol–water partition coefficient (Wildman–Crippen LogP) is 1.65. The molecule has 1 aromatic heterocycles. The quantitative estimate of drug-likeness (QED) is 0.889. The molecule has 0 atom stereocenters. The summed E-state index contributed by atoms with van der Waals surface area (Å²) in [6, 6.07) is 8.30. The fraction of sp³-hybridized carbons (Fsp3) is 0.154. The number of aryl methyl sites for hydroxylation is 1. The van der Waals surface area contributed by atoms with Gasteiger partial charge in [0.1, 0.15) is 0 Å². The lowest BCUT2D eigenvalue weighted by Gasteiger charge is -2.12. The number of hydrogen-bond acceptors (Lipinski definition) is 4. The molecule has 0 radical (unpaired) electrons. The van der Waals surface area contributed by atoms with Gasteiger partial charge in [-0.15, -0.1) is 0 Å². The average Bonchev–Trinajstić information content (AvgIpc) is 2.41. The molecule has 19 heavy (non-hydrogen) atoms. The first kappa shape index (κ1) is 13.5. The van der Waals surface area contributed by atoms with Crippen LogP contribution in [0.5, 0.6) is 0 Å². The molecule has 0 saturated carbocycles. The summed E-state index contributed by atoms with van der Waals surface area (Å²) in [4.78, 5) is 4.13. The summed E-state index contributed by atoms with van der Waals surface area (Å²) in [5, 5.41) is 0. The second-order valence-corrected chi connectivity index (χ2v) is 5.76. The van der Waals surface area contributed by atoms with E-state index in [1.54, 1.807) is 49.6 Å². The van der Waals surface area contributed by atoms with E-state index in [0.29, 0.717) is 11.3 Å². The van der Waals surface area contributed by atoms with Gasteiger partial charge in [0.2, 0.25) is 0 Å². The third-order valence-electron chi connectivity index (χ3n) is 2.75. The van der Waals surface area contributed by atoms with Crippen molar-refractivity contribution in [2.24, 2.45) is 5.73 Å². The molecule has 2 rings (SSSR count). The average molecular weight is 277 g/mol. The Balaban J connectivity index is 2.41. The van der Waals surface area contributed by atoms with E-state index in [1.165, 1.54) is 0 Å². The highest BCUT2D eigenvalue weighted by atomic mass is 32.2. The van der Waals surface area contributed by atoms with Gasteiger partial charge in [-0.2, -0.15) is 0 Å². The molecule has 1 heterocycles. The number of aromatic nitrogens is 1. The molecule has 2 aromatic rings. The molecule has 0 aliphatic carbocycles. The Bertz CT molecular complexity index is 684. The van der Waals surface area contributed by atoms with E-state index in [4.69, 9.17) is 5.73 Å². The van der Waals surface area contributed by atoms with Crippen LogP contribution in [0.3, 0.4) is 0 Å². The molecule has 0 saturated heterocycles. The highest BCUT2D eigenvalue weighted by molar-refractivity contribution is 7.92. The summed E-state index contributed by atoms with van der Waals surface area (Å²) >= 11 is 0. The Hall–Kier alpha value is -1.92. The fourth-order valence-corrected chi connectivity index (χ4v) is 3.11. The molecule has 0 bridgehead atoms. The summed E-state index contributed by atoms with van der Waals surface area (Å²) < 4.78 is 27.2. The van der Waals surface area contributed by atoms with Crippen LogP contribution in [0.25, 0.3) is 0 Å². The lowest BCUT2D eigenvalue weighted by Crippen LogP contribution is -2.16. The van der Waals surface area contributed by atoms with Crippen molar-refractivity contribution in [2.75, 3.05) is 4.72 Å². The Morgan fingerprint density at radius 2 is 2.00 bits per heavy atom. The molecule has 0 spiro atoms. The van der Waals surface area contributed by atoms with E-state index in [-0.39, 0.29) is 11.4 Å². The predicted molar refractivity (Wildman–Crippen MR) is 74.1 cm³/mol. The van der Waals surface area contributed by atoms with Gasteiger partial charge in [0, 0.05) is 18.9 Å². The molecule has 0 aliphatic heterocycles. The van der Waals surface area contributed by atoms with E-state index in [0.717, 1.165) is 5.56 Å². The maximum Gasteiger partial charge on any atom is 0.262 e. The lowest BCUT2D eigenvalue weighted by molar-refractivity contribution is 0.600. The van der Waals surface area contributed by atoms with Gasteiger partial charge in [-0.1, -0.05) is 18.2 Å². The molecule has 5 nitrogen and oxygen atoms in total. The molecule has 0 amide bonds. The van der Waals surface area contributed by atoms with Gasteiger partial charge in [-0.05, 0) is 30.2 Å². The van der Waals surface area contributed by atoms with E-state index in [2.05, 4.69) is 9.71 Å². The zero-order valence-electron chi connectivity index (χ0n) is 10.5. The highest BCUT2D eigenvalue weighted by Gasteiger charge is 2.18. The van der Waals surface area contributed by atoms with E-state index >= 15 is 0 Å². The maximum atomic E-state index is 12.3. The molecule has 1 aromatic carbocycles. The normalized spacial score (nSPS) is 11.3. The van der Waals surface area contributed by atoms with Gasteiger partial charge >= 0.3 is 0 Å². The van der Waals surface area contributed by atoms with Gasteiger partial charge in [-0.3, -0.25) is 9.71 Å². The van der Waals surface area contributed by atoms with Crippen LogP contribution < -0.4 is 10.5 Å². The van der Waals surface area contributed by atoms with Gasteiger partial charge in [0.05, 0.1) is 10.6 Å². The van der Waals surface area contributed by atoms with Crippen molar-refractivity contribution in [3.63, 3.8) is 0 Å². The van der Waals surface area contributed by atoms with E-state index in [9.17, 15) is 8.42 Å². The SMILES string of the molecule is Cc1cnccc1NS(=O)(=O)c1ccccc1CN. The van der Waals surface area contributed by atoms with Crippen LogP contribution in [0.1, 0.15) is 11.1 Å². The van der Waals surface area contributed by atoms with Gasteiger partial charge in [0.15, 0.2) is 0 Å². The number of pyridine rings is 1. The number of nitrogens with one attached hydrogen (secondary N) is 1. The first-order valence-corrected chi connectivity index (χ1v) is 7.24. The van der Waals surface area contributed by atoms with Crippen LogP contribution in [-0.4, -0.2) is 13.4 Å². The van der Waals surface area contributed by atoms with Crippen LogP contribution in [0.2, 0.25) is 0 Å². The second-order valence-electron chi connectivity index (χ2n) is 4.11. The number of benzene rings is 1. The Morgan fingerprint density at radius 3 is 2.68 bits per heavy atom. The molecule has 0 unspecified atom stereocenters. The van der Waals surface area contributed by atoms with Crippen molar-refractivity contribution >= 4 is 15.7 Å². The number of nitrogens with zero attached hydrogens (tertiary/aromatic N) is 1. The topological polar surface area (TPSA) is 85.1 Å². The van der Waals surface area contributed by atoms with Crippen molar-refractivity contribution < 1.29 is 8.42 Å². The zero-order valence-corrected chi connectivity index (χ0v) is 11.3. The molecule has 0 aliphatic rings. The largest absolute Gasteiger partial charge is 0.326 e. The smallest absolute Gasteiger partial charge is 0.262 e. The van der Waals surface area contributed by atoms with E-state index in [1.807, 2.05) is 0 Å². The summed E-state index contributed by atoms with van der Waals surface area (Å²) in [6.45, 7) is 1.96. The van der Waals surface area contributed by atoms with Crippen molar-refractivity contribution in [3.8, 4) is 0 Å². The van der Waals surface area contributed by atoms with Crippen molar-refractivity contribution in [1.29, 1.82) is 0 Å². The molecule has 3 N–H and O–H groups in total.